The fraction of sp³-hybridized carbons (Fsp3) is 0.278. The third-order valence-electron chi connectivity index (χ3n) is 3.74. The van der Waals surface area contributed by atoms with Gasteiger partial charge in [-0.3, -0.25) is 4.99 Å². The van der Waals surface area contributed by atoms with Gasteiger partial charge in [0.15, 0.2) is 6.10 Å². The molecule has 0 aliphatic carbocycles. The third-order valence-corrected chi connectivity index (χ3v) is 3.74. The molecule has 0 fully saturated rings. The molecule has 2 aromatic rings. The number of fused-ring (bicyclic) bond motifs is 1. The fourth-order valence-corrected chi connectivity index (χ4v) is 2.54. The predicted molar refractivity (Wildman–Crippen MR) is 91.6 cm³/mol. The van der Waals surface area contributed by atoms with Crippen molar-refractivity contribution in [3.8, 4) is 5.75 Å². The van der Waals surface area contributed by atoms with Crippen LogP contribution in [0.4, 0.5) is 11.4 Å². The lowest BCUT2D eigenvalue weighted by molar-refractivity contribution is 0.258. The van der Waals surface area contributed by atoms with Gasteiger partial charge in [0.1, 0.15) is 11.6 Å². The van der Waals surface area contributed by atoms with Gasteiger partial charge in [0.05, 0.1) is 5.69 Å². The molecule has 4 heteroatoms. The summed E-state index contributed by atoms with van der Waals surface area (Å²) in [6.45, 7) is 2.84. The van der Waals surface area contributed by atoms with Gasteiger partial charge >= 0.3 is 0 Å². The zero-order valence-electron chi connectivity index (χ0n) is 12.8. The van der Waals surface area contributed by atoms with Crippen molar-refractivity contribution < 1.29 is 4.74 Å². The number of nitrogens with zero attached hydrogens (tertiary/aromatic N) is 1. The summed E-state index contributed by atoms with van der Waals surface area (Å²) >= 11 is 0. The summed E-state index contributed by atoms with van der Waals surface area (Å²) in [5.74, 6) is 1.70. The molecule has 0 saturated heterocycles. The Balaban J connectivity index is 1.72. The summed E-state index contributed by atoms with van der Waals surface area (Å²) < 4.78 is 6.00. The van der Waals surface area contributed by atoms with Crippen molar-refractivity contribution in [2.45, 2.75) is 25.9 Å². The van der Waals surface area contributed by atoms with E-state index in [0.29, 0.717) is 5.69 Å². The molecule has 0 radical (unpaired) electrons. The topological polar surface area (TPSA) is 59.6 Å². The SMILES string of the molecule is CCC1Oc2cc(N)ccc2NC1=NCCc1ccccc1. The van der Waals surface area contributed by atoms with Gasteiger partial charge in [0.2, 0.25) is 0 Å². The van der Waals surface area contributed by atoms with Crippen molar-refractivity contribution in [1.29, 1.82) is 0 Å². The van der Waals surface area contributed by atoms with E-state index in [0.717, 1.165) is 36.7 Å². The fourth-order valence-electron chi connectivity index (χ4n) is 2.54. The monoisotopic (exact) mass is 295 g/mol. The van der Waals surface area contributed by atoms with Crippen LogP contribution in [0.2, 0.25) is 0 Å². The van der Waals surface area contributed by atoms with E-state index in [1.165, 1.54) is 5.56 Å². The van der Waals surface area contributed by atoms with Gasteiger partial charge in [-0.1, -0.05) is 37.3 Å². The van der Waals surface area contributed by atoms with Crippen LogP contribution in [-0.2, 0) is 6.42 Å². The van der Waals surface area contributed by atoms with Crippen molar-refractivity contribution in [2.24, 2.45) is 4.99 Å². The average Bonchev–Trinajstić information content (AvgIpc) is 2.55. The Bertz CT molecular complexity index is 667. The molecule has 1 aliphatic heterocycles. The van der Waals surface area contributed by atoms with Crippen molar-refractivity contribution in [3.63, 3.8) is 0 Å². The maximum Gasteiger partial charge on any atom is 0.155 e. The second-order valence-corrected chi connectivity index (χ2v) is 5.40. The van der Waals surface area contributed by atoms with E-state index in [9.17, 15) is 0 Å². The first-order chi connectivity index (χ1) is 10.8. The molecule has 1 aliphatic rings. The first-order valence-electron chi connectivity index (χ1n) is 7.67. The molecule has 1 atom stereocenters. The van der Waals surface area contributed by atoms with Gasteiger partial charge in [-0.25, -0.2) is 0 Å². The number of rotatable bonds is 4. The molecule has 3 rings (SSSR count). The lowest BCUT2D eigenvalue weighted by atomic mass is 10.1. The van der Waals surface area contributed by atoms with Crippen molar-refractivity contribution in [1.82, 2.24) is 0 Å². The summed E-state index contributed by atoms with van der Waals surface area (Å²) in [6.07, 6.45) is 1.76. The van der Waals surface area contributed by atoms with Crippen molar-refractivity contribution >= 4 is 17.2 Å². The third kappa shape index (κ3) is 3.22. The molecule has 0 saturated carbocycles. The van der Waals surface area contributed by atoms with E-state index < -0.39 is 0 Å². The van der Waals surface area contributed by atoms with Crippen LogP contribution < -0.4 is 15.8 Å². The lowest BCUT2D eigenvalue weighted by Gasteiger charge is -2.28. The average molecular weight is 295 g/mol. The number of nitrogens with two attached hydrogens (primary N) is 1. The molecule has 22 heavy (non-hydrogen) atoms. The predicted octanol–water partition coefficient (Wildman–Crippen LogP) is 3.49. The van der Waals surface area contributed by atoms with E-state index >= 15 is 0 Å². The van der Waals surface area contributed by atoms with E-state index in [4.69, 9.17) is 15.5 Å². The molecule has 1 unspecified atom stereocenters. The second-order valence-electron chi connectivity index (χ2n) is 5.40. The summed E-state index contributed by atoms with van der Waals surface area (Å²) in [5, 5.41) is 3.38. The number of aliphatic imine (C=N–C) groups is 1. The van der Waals surface area contributed by atoms with Crippen LogP contribution in [0, 0.1) is 0 Å². The highest BCUT2D eigenvalue weighted by atomic mass is 16.5. The molecule has 1 heterocycles. The second kappa shape index (κ2) is 6.52. The number of anilines is 2. The van der Waals surface area contributed by atoms with Gasteiger partial charge in [-0.15, -0.1) is 0 Å². The van der Waals surface area contributed by atoms with Gasteiger partial charge in [0, 0.05) is 18.3 Å². The normalized spacial score (nSPS) is 18.4. The Labute approximate surface area is 131 Å². The molecule has 114 valence electrons. The summed E-state index contributed by atoms with van der Waals surface area (Å²) in [7, 11) is 0. The smallest absolute Gasteiger partial charge is 0.155 e. The molecule has 3 N–H and O–H groups in total. The molecule has 0 amide bonds. The quantitative estimate of drug-likeness (QED) is 0.849. The Morgan fingerprint density at radius 3 is 2.77 bits per heavy atom. The number of ether oxygens (including phenoxy) is 1. The molecular weight excluding hydrogens is 274 g/mol. The zero-order valence-corrected chi connectivity index (χ0v) is 12.8. The van der Waals surface area contributed by atoms with Gasteiger partial charge in [0.25, 0.3) is 0 Å². The first-order valence-corrected chi connectivity index (χ1v) is 7.67. The van der Waals surface area contributed by atoms with Crippen LogP contribution in [0.1, 0.15) is 18.9 Å². The number of hydrogen-bond donors (Lipinski definition) is 2. The molecular formula is C18H21N3O. The van der Waals surface area contributed by atoms with E-state index in [1.807, 2.05) is 24.3 Å². The number of amidine groups is 1. The molecule has 2 aromatic carbocycles. The highest BCUT2D eigenvalue weighted by Crippen LogP contribution is 2.32. The summed E-state index contributed by atoms with van der Waals surface area (Å²) in [5.41, 5.74) is 8.74. The lowest BCUT2D eigenvalue weighted by Crippen LogP contribution is -2.37. The molecule has 4 nitrogen and oxygen atoms in total. The highest BCUT2D eigenvalue weighted by molar-refractivity contribution is 6.02. The van der Waals surface area contributed by atoms with Gasteiger partial charge in [-0.2, -0.15) is 0 Å². The van der Waals surface area contributed by atoms with E-state index in [2.05, 4.69) is 36.5 Å². The van der Waals surface area contributed by atoms with Crippen molar-refractivity contribution in [2.75, 3.05) is 17.6 Å². The Morgan fingerprint density at radius 2 is 2.00 bits per heavy atom. The molecule has 0 aromatic heterocycles. The Kier molecular flexibility index (Phi) is 4.28. The van der Waals surface area contributed by atoms with Crippen LogP contribution in [0.3, 0.4) is 0 Å². The van der Waals surface area contributed by atoms with Crippen LogP contribution in [-0.4, -0.2) is 18.5 Å². The summed E-state index contributed by atoms with van der Waals surface area (Å²) in [4.78, 5) is 4.70. The van der Waals surface area contributed by atoms with Crippen LogP contribution in [0.15, 0.2) is 53.5 Å². The summed E-state index contributed by atoms with van der Waals surface area (Å²) in [6, 6.07) is 16.0. The van der Waals surface area contributed by atoms with Crippen LogP contribution >= 0.6 is 0 Å². The first kappa shape index (κ1) is 14.4. The van der Waals surface area contributed by atoms with Crippen LogP contribution in [0.25, 0.3) is 0 Å². The highest BCUT2D eigenvalue weighted by Gasteiger charge is 2.24. The zero-order chi connectivity index (χ0) is 15.4. The molecule has 0 bridgehead atoms. The molecule has 0 spiro atoms. The number of nitrogen functional groups attached to an aromatic ring is 1. The Hall–Kier alpha value is -2.49. The standard InChI is InChI=1S/C18H21N3O/c1-2-16-18(20-11-10-13-6-4-3-5-7-13)21-15-9-8-14(19)12-17(15)22-16/h3-9,12,16H,2,10-11,19H2,1H3,(H,20,21). The minimum absolute atomic E-state index is 0.0370. The van der Waals surface area contributed by atoms with Crippen molar-refractivity contribution in [3.05, 3.63) is 54.1 Å². The minimum Gasteiger partial charge on any atom is -0.480 e. The van der Waals surface area contributed by atoms with E-state index in [-0.39, 0.29) is 6.10 Å². The van der Waals surface area contributed by atoms with Gasteiger partial charge in [-0.05, 0) is 30.5 Å². The largest absolute Gasteiger partial charge is 0.480 e. The van der Waals surface area contributed by atoms with Gasteiger partial charge < -0.3 is 15.8 Å². The number of hydrogen-bond acceptors (Lipinski definition) is 3. The number of nitrogens with one attached hydrogen (secondary N) is 1. The maximum atomic E-state index is 6.00. The maximum absolute atomic E-state index is 6.00. The minimum atomic E-state index is -0.0370. The van der Waals surface area contributed by atoms with E-state index in [1.54, 1.807) is 0 Å². The Morgan fingerprint density at radius 1 is 1.18 bits per heavy atom. The van der Waals surface area contributed by atoms with Crippen LogP contribution in [0.5, 0.6) is 5.75 Å². The number of benzene rings is 2.